The Morgan fingerprint density at radius 2 is 1.88 bits per heavy atom. The van der Waals surface area contributed by atoms with Crippen molar-refractivity contribution >= 4 is 5.91 Å². The molecule has 2 N–H and O–H groups in total. The first-order valence-corrected chi connectivity index (χ1v) is 6.29. The fourth-order valence-electron chi connectivity index (χ4n) is 2.31. The van der Waals surface area contributed by atoms with Crippen LogP contribution in [-0.2, 0) is 4.79 Å². The first-order valence-electron chi connectivity index (χ1n) is 6.29. The fraction of sp³-hybridized carbons (Fsp3) is 0.917. The molecule has 1 aliphatic rings. The third-order valence-corrected chi connectivity index (χ3v) is 3.43. The number of nitrogens with two attached hydrogens (primary N) is 1. The van der Waals surface area contributed by atoms with Crippen LogP contribution in [0, 0.1) is 0 Å². The number of hydrogen-bond acceptors (Lipinski definition) is 3. The average molecular weight is 227 g/mol. The van der Waals surface area contributed by atoms with Gasteiger partial charge in [0, 0.05) is 26.2 Å². The lowest BCUT2D eigenvalue weighted by molar-refractivity contribution is -0.133. The monoisotopic (exact) mass is 227 g/mol. The molecular formula is C12H25N3O. The number of amides is 1. The number of likely N-dealkylation sites (N-methyl/N-ethyl adjacent to an activating group) is 2. The summed E-state index contributed by atoms with van der Waals surface area (Å²) in [5.41, 5.74) is 5.46. The number of nitrogens with zero attached hydrogens (tertiary/aromatic N) is 2. The molecule has 4 heteroatoms. The van der Waals surface area contributed by atoms with E-state index in [1.54, 1.807) is 0 Å². The first kappa shape index (κ1) is 13.5. The van der Waals surface area contributed by atoms with Gasteiger partial charge in [0.05, 0.1) is 6.54 Å². The molecule has 1 rings (SSSR count). The zero-order chi connectivity index (χ0) is 12.0. The normalized spacial score (nSPS) is 17.8. The maximum absolute atomic E-state index is 12.0. The van der Waals surface area contributed by atoms with E-state index in [2.05, 4.69) is 0 Å². The van der Waals surface area contributed by atoms with Crippen LogP contribution in [0.1, 0.15) is 32.1 Å². The van der Waals surface area contributed by atoms with E-state index in [9.17, 15) is 4.79 Å². The van der Waals surface area contributed by atoms with Crippen molar-refractivity contribution in [2.45, 2.75) is 38.1 Å². The SMILES string of the molecule is CN(CCN)CC(=O)N(C)C1CCCCC1. The van der Waals surface area contributed by atoms with Crippen molar-refractivity contribution < 1.29 is 4.79 Å². The Hall–Kier alpha value is -0.610. The van der Waals surface area contributed by atoms with Gasteiger partial charge in [-0.2, -0.15) is 0 Å². The second kappa shape index (κ2) is 6.86. The summed E-state index contributed by atoms with van der Waals surface area (Å²) in [5, 5.41) is 0. The Labute approximate surface area is 98.8 Å². The molecular weight excluding hydrogens is 202 g/mol. The Bertz CT molecular complexity index is 214. The summed E-state index contributed by atoms with van der Waals surface area (Å²) in [6.07, 6.45) is 6.19. The molecule has 0 bridgehead atoms. The highest BCUT2D eigenvalue weighted by atomic mass is 16.2. The molecule has 0 heterocycles. The van der Waals surface area contributed by atoms with E-state index in [-0.39, 0.29) is 5.91 Å². The number of rotatable bonds is 5. The molecule has 0 aromatic rings. The summed E-state index contributed by atoms with van der Waals surface area (Å²) in [6, 6.07) is 0.465. The van der Waals surface area contributed by atoms with E-state index in [4.69, 9.17) is 5.73 Å². The van der Waals surface area contributed by atoms with Crippen LogP contribution in [0.15, 0.2) is 0 Å². The highest BCUT2D eigenvalue weighted by Gasteiger charge is 2.22. The lowest BCUT2D eigenvalue weighted by atomic mass is 9.94. The summed E-state index contributed by atoms with van der Waals surface area (Å²) >= 11 is 0. The number of carbonyl (C=O) groups excluding carboxylic acids is 1. The Kier molecular flexibility index (Phi) is 5.77. The summed E-state index contributed by atoms with van der Waals surface area (Å²) in [4.78, 5) is 15.9. The molecule has 0 radical (unpaired) electrons. The van der Waals surface area contributed by atoms with Crippen LogP contribution in [0.4, 0.5) is 0 Å². The van der Waals surface area contributed by atoms with Gasteiger partial charge in [-0.25, -0.2) is 0 Å². The van der Waals surface area contributed by atoms with E-state index < -0.39 is 0 Å². The molecule has 4 nitrogen and oxygen atoms in total. The second-order valence-electron chi connectivity index (χ2n) is 4.82. The summed E-state index contributed by atoms with van der Waals surface area (Å²) in [5.74, 6) is 0.225. The lowest BCUT2D eigenvalue weighted by Gasteiger charge is -2.32. The van der Waals surface area contributed by atoms with E-state index in [0.717, 1.165) is 6.54 Å². The van der Waals surface area contributed by atoms with Gasteiger partial charge in [-0.15, -0.1) is 0 Å². The van der Waals surface area contributed by atoms with E-state index in [1.807, 2.05) is 23.9 Å². The number of carbonyl (C=O) groups is 1. The van der Waals surface area contributed by atoms with Crippen molar-refractivity contribution in [2.75, 3.05) is 33.7 Å². The van der Waals surface area contributed by atoms with Crippen molar-refractivity contribution in [1.82, 2.24) is 9.80 Å². The van der Waals surface area contributed by atoms with Crippen LogP contribution >= 0.6 is 0 Å². The van der Waals surface area contributed by atoms with Gasteiger partial charge < -0.3 is 10.6 Å². The summed E-state index contributed by atoms with van der Waals surface area (Å²) in [7, 11) is 3.88. The zero-order valence-electron chi connectivity index (χ0n) is 10.6. The van der Waals surface area contributed by atoms with Gasteiger partial charge in [0.2, 0.25) is 5.91 Å². The molecule has 0 aliphatic heterocycles. The molecule has 1 saturated carbocycles. The van der Waals surface area contributed by atoms with Gasteiger partial charge in [-0.3, -0.25) is 9.69 Å². The zero-order valence-corrected chi connectivity index (χ0v) is 10.6. The third-order valence-electron chi connectivity index (χ3n) is 3.43. The van der Waals surface area contributed by atoms with Gasteiger partial charge in [0.15, 0.2) is 0 Å². The molecule has 1 fully saturated rings. The molecule has 0 aromatic carbocycles. The molecule has 0 saturated heterocycles. The maximum Gasteiger partial charge on any atom is 0.236 e. The first-order chi connectivity index (χ1) is 7.65. The molecule has 0 atom stereocenters. The minimum Gasteiger partial charge on any atom is -0.342 e. The lowest BCUT2D eigenvalue weighted by Crippen LogP contribution is -2.44. The van der Waals surface area contributed by atoms with E-state index in [1.165, 1.54) is 32.1 Å². The minimum absolute atomic E-state index is 0.225. The van der Waals surface area contributed by atoms with Gasteiger partial charge in [0.25, 0.3) is 0 Å². The third kappa shape index (κ3) is 4.10. The van der Waals surface area contributed by atoms with Crippen molar-refractivity contribution in [2.24, 2.45) is 5.73 Å². The van der Waals surface area contributed by atoms with Crippen molar-refractivity contribution in [3.8, 4) is 0 Å². The predicted octanol–water partition coefficient (Wildman–Crippen LogP) is 0.668. The van der Waals surface area contributed by atoms with Crippen LogP contribution in [0.2, 0.25) is 0 Å². The quantitative estimate of drug-likeness (QED) is 0.751. The molecule has 94 valence electrons. The summed E-state index contributed by atoms with van der Waals surface area (Å²) < 4.78 is 0. The fourth-order valence-corrected chi connectivity index (χ4v) is 2.31. The minimum atomic E-state index is 0.225. The van der Waals surface area contributed by atoms with E-state index >= 15 is 0 Å². The molecule has 16 heavy (non-hydrogen) atoms. The molecule has 0 spiro atoms. The highest BCUT2D eigenvalue weighted by Crippen LogP contribution is 2.21. The Morgan fingerprint density at radius 1 is 1.25 bits per heavy atom. The smallest absolute Gasteiger partial charge is 0.236 e. The summed E-state index contributed by atoms with van der Waals surface area (Å²) in [6.45, 7) is 1.88. The second-order valence-corrected chi connectivity index (χ2v) is 4.82. The van der Waals surface area contributed by atoms with Crippen LogP contribution in [0.25, 0.3) is 0 Å². The predicted molar refractivity (Wildman–Crippen MR) is 66.2 cm³/mol. The highest BCUT2D eigenvalue weighted by molar-refractivity contribution is 5.78. The Morgan fingerprint density at radius 3 is 2.44 bits per heavy atom. The van der Waals surface area contributed by atoms with Crippen molar-refractivity contribution in [3.63, 3.8) is 0 Å². The maximum atomic E-state index is 12.0. The van der Waals surface area contributed by atoms with Crippen LogP contribution in [0.3, 0.4) is 0 Å². The van der Waals surface area contributed by atoms with Crippen LogP contribution in [0.5, 0.6) is 0 Å². The molecule has 0 aromatic heterocycles. The van der Waals surface area contributed by atoms with Gasteiger partial charge in [-0.1, -0.05) is 19.3 Å². The van der Waals surface area contributed by atoms with Gasteiger partial charge >= 0.3 is 0 Å². The van der Waals surface area contributed by atoms with Crippen molar-refractivity contribution in [1.29, 1.82) is 0 Å². The topological polar surface area (TPSA) is 49.6 Å². The van der Waals surface area contributed by atoms with Crippen molar-refractivity contribution in [3.05, 3.63) is 0 Å². The molecule has 1 amide bonds. The average Bonchev–Trinajstić information content (AvgIpc) is 2.29. The standard InChI is InChI=1S/C12H25N3O/c1-14(9-8-13)10-12(16)15(2)11-6-4-3-5-7-11/h11H,3-10,13H2,1-2H3. The van der Waals surface area contributed by atoms with Crippen LogP contribution < -0.4 is 5.73 Å². The molecule has 1 aliphatic carbocycles. The largest absolute Gasteiger partial charge is 0.342 e. The Balaban J connectivity index is 2.34. The van der Waals surface area contributed by atoms with E-state index in [0.29, 0.717) is 19.1 Å². The van der Waals surface area contributed by atoms with Gasteiger partial charge in [0.1, 0.15) is 0 Å². The molecule has 0 unspecified atom stereocenters. The number of hydrogen-bond donors (Lipinski definition) is 1. The van der Waals surface area contributed by atoms with Gasteiger partial charge in [-0.05, 0) is 19.9 Å². The van der Waals surface area contributed by atoms with Crippen LogP contribution in [-0.4, -0.2) is 55.5 Å².